The van der Waals surface area contributed by atoms with Gasteiger partial charge in [-0.25, -0.2) is 4.79 Å². The summed E-state index contributed by atoms with van der Waals surface area (Å²) >= 11 is 0. The van der Waals surface area contributed by atoms with E-state index >= 15 is 0 Å². The van der Waals surface area contributed by atoms with Crippen LogP contribution in [0.15, 0.2) is 0 Å². The molecule has 5 heteroatoms. The van der Waals surface area contributed by atoms with E-state index in [9.17, 15) is 4.79 Å². The van der Waals surface area contributed by atoms with Crippen LogP contribution in [0, 0.1) is 6.92 Å². The zero-order chi connectivity index (χ0) is 11.7. The van der Waals surface area contributed by atoms with Crippen LogP contribution >= 0.6 is 0 Å². The van der Waals surface area contributed by atoms with Crippen LogP contribution in [-0.4, -0.2) is 28.4 Å². The summed E-state index contributed by atoms with van der Waals surface area (Å²) in [6.45, 7) is 7.63. The molecular formula is C11H17N3O2. The van der Waals surface area contributed by atoms with E-state index in [0.717, 1.165) is 17.9 Å². The summed E-state index contributed by atoms with van der Waals surface area (Å²) in [6.07, 6.45) is 0. The minimum absolute atomic E-state index is 0.266. The molecule has 2 heterocycles. The van der Waals surface area contributed by atoms with E-state index in [4.69, 9.17) is 4.74 Å². The second-order valence-electron chi connectivity index (χ2n) is 4.09. The molecular weight excluding hydrogens is 206 g/mol. The Morgan fingerprint density at radius 2 is 2.44 bits per heavy atom. The fourth-order valence-corrected chi connectivity index (χ4v) is 2.02. The van der Waals surface area contributed by atoms with Crippen LogP contribution in [0.1, 0.15) is 35.6 Å². The monoisotopic (exact) mass is 223 g/mol. The van der Waals surface area contributed by atoms with Gasteiger partial charge in [0.2, 0.25) is 0 Å². The van der Waals surface area contributed by atoms with Gasteiger partial charge < -0.3 is 10.1 Å². The third kappa shape index (κ3) is 1.82. The van der Waals surface area contributed by atoms with Crippen LogP contribution < -0.4 is 5.32 Å². The Bertz CT molecular complexity index is 412. The molecule has 0 fully saturated rings. The number of aromatic nitrogens is 2. The molecule has 1 unspecified atom stereocenters. The quantitative estimate of drug-likeness (QED) is 0.755. The predicted molar refractivity (Wildman–Crippen MR) is 59.2 cm³/mol. The molecule has 1 N–H and O–H groups in total. The first-order valence-electron chi connectivity index (χ1n) is 5.60. The maximum absolute atomic E-state index is 11.8. The summed E-state index contributed by atoms with van der Waals surface area (Å²) in [6, 6.07) is 0.391. The van der Waals surface area contributed by atoms with Crippen LogP contribution in [-0.2, 0) is 17.8 Å². The summed E-state index contributed by atoms with van der Waals surface area (Å²) in [5.41, 5.74) is 2.32. The smallest absolute Gasteiger partial charge is 0.341 e. The van der Waals surface area contributed by atoms with Gasteiger partial charge in [0, 0.05) is 12.6 Å². The summed E-state index contributed by atoms with van der Waals surface area (Å²) in [5.74, 6) is -0.266. The van der Waals surface area contributed by atoms with Gasteiger partial charge in [0.05, 0.1) is 24.5 Å². The lowest BCUT2D eigenvalue weighted by atomic mass is 10.1. The molecule has 2 rings (SSSR count). The summed E-state index contributed by atoms with van der Waals surface area (Å²) in [4.78, 5) is 11.8. The van der Waals surface area contributed by atoms with Gasteiger partial charge in [-0.1, -0.05) is 0 Å². The molecule has 5 nitrogen and oxygen atoms in total. The van der Waals surface area contributed by atoms with Crippen molar-refractivity contribution < 1.29 is 9.53 Å². The number of ether oxygens (including phenoxy) is 1. The number of nitrogens with one attached hydrogen (secondary N) is 1. The zero-order valence-corrected chi connectivity index (χ0v) is 9.91. The third-order valence-corrected chi connectivity index (χ3v) is 2.78. The Balaban J connectivity index is 2.35. The highest BCUT2D eigenvalue weighted by molar-refractivity contribution is 5.92. The second kappa shape index (κ2) is 4.25. The lowest BCUT2D eigenvalue weighted by Gasteiger charge is -2.22. The Labute approximate surface area is 94.8 Å². The number of aryl methyl sites for hydroxylation is 1. The molecule has 0 radical (unpaired) electrons. The Kier molecular flexibility index (Phi) is 2.96. The first kappa shape index (κ1) is 11.1. The largest absolute Gasteiger partial charge is 0.462 e. The van der Waals surface area contributed by atoms with E-state index < -0.39 is 0 Å². The minimum Gasteiger partial charge on any atom is -0.462 e. The lowest BCUT2D eigenvalue weighted by molar-refractivity contribution is 0.0523. The van der Waals surface area contributed by atoms with Crippen LogP contribution in [0.4, 0.5) is 0 Å². The Hall–Kier alpha value is -1.36. The highest BCUT2D eigenvalue weighted by atomic mass is 16.5. The SMILES string of the molecule is CCOC(=O)c1c(C)nn2c1CNC(C)C2. The maximum atomic E-state index is 11.8. The summed E-state index contributed by atoms with van der Waals surface area (Å²) in [5, 5.41) is 7.70. The molecule has 16 heavy (non-hydrogen) atoms. The molecule has 0 bridgehead atoms. The first-order chi connectivity index (χ1) is 7.63. The van der Waals surface area contributed by atoms with E-state index in [1.165, 1.54) is 0 Å². The van der Waals surface area contributed by atoms with Crippen molar-refractivity contribution in [1.82, 2.24) is 15.1 Å². The van der Waals surface area contributed by atoms with Crippen LogP contribution in [0.25, 0.3) is 0 Å². The normalized spacial score (nSPS) is 19.3. The van der Waals surface area contributed by atoms with Crippen molar-refractivity contribution in [2.24, 2.45) is 0 Å². The number of carbonyl (C=O) groups is 1. The topological polar surface area (TPSA) is 56.1 Å². The number of rotatable bonds is 2. The van der Waals surface area contributed by atoms with Gasteiger partial charge in [-0.05, 0) is 20.8 Å². The van der Waals surface area contributed by atoms with Gasteiger partial charge >= 0.3 is 5.97 Å². The Morgan fingerprint density at radius 3 is 3.12 bits per heavy atom. The second-order valence-corrected chi connectivity index (χ2v) is 4.09. The average Bonchev–Trinajstić information content (AvgIpc) is 2.53. The molecule has 88 valence electrons. The zero-order valence-electron chi connectivity index (χ0n) is 9.91. The molecule has 1 aliphatic rings. The molecule has 0 amide bonds. The standard InChI is InChI=1S/C11H17N3O2/c1-4-16-11(15)10-8(3)13-14-6-7(2)12-5-9(10)14/h7,12H,4-6H2,1-3H3. The highest BCUT2D eigenvalue weighted by Gasteiger charge is 2.25. The van der Waals surface area contributed by atoms with E-state index in [1.807, 2.05) is 18.5 Å². The number of hydrogen-bond acceptors (Lipinski definition) is 4. The number of carbonyl (C=O) groups excluding carboxylic acids is 1. The van der Waals surface area contributed by atoms with Crippen molar-refractivity contribution in [2.45, 2.75) is 39.9 Å². The first-order valence-corrected chi connectivity index (χ1v) is 5.60. The molecule has 0 spiro atoms. The van der Waals surface area contributed by atoms with Crippen molar-refractivity contribution >= 4 is 5.97 Å². The maximum Gasteiger partial charge on any atom is 0.341 e. The number of nitrogens with zero attached hydrogens (tertiary/aromatic N) is 2. The average molecular weight is 223 g/mol. The van der Waals surface area contributed by atoms with Crippen LogP contribution in [0.3, 0.4) is 0 Å². The lowest BCUT2D eigenvalue weighted by Crippen LogP contribution is -2.37. The minimum atomic E-state index is -0.266. The van der Waals surface area contributed by atoms with Gasteiger partial charge in [-0.15, -0.1) is 0 Å². The summed E-state index contributed by atoms with van der Waals surface area (Å²) in [7, 11) is 0. The van der Waals surface area contributed by atoms with Gasteiger partial charge in [0.15, 0.2) is 0 Å². The molecule has 0 saturated carbocycles. The molecule has 1 aliphatic heterocycles. The molecule has 1 aromatic heterocycles. The molecule has 0 aliphatic carbocycles. The number of hydrogen-bond donors (Lipinski definition) is 1. The fraction of sp³-hybridized carbons (Fsp3) is 0.636. The van der Waals surface area contributed by atoms with Crippen LogP contribution in [0.5, 0.6) is 0 Å². The summed E-state index contributed by atoms with van der Waals surface area (Å²) < 4.78 is 6.95. The number of esters is 1. The molecule has 1 atom stereocenters. The number of fused-ring (bicyclic) bond motifs is 1. The van der Waals surface area contributed by atoms with Gasteiger partial charge in [0.25, 0.3) is 0 Å². The van der Waals surface area contributed by atoms with E-state index in [0.29, 0.717) is 24.8 Å². The molecule has 0 aromatic carbocycles. The van der Waals surface area contributed by atoms with Crippen molar-refractivity contribution in [3.05, 3.63) is 17.0 Å². The van der Waals surface area contributed by atoms with E-state index in [1.54, 1.807) is 0 Å². The Morgan fingerprint density at radius 1 is 1.69 bits per heavy atom. The van der Waals surface area contributed by atoms with Crippen molar-refractivity contribution in [1.29, 1.82) is 0 Å². The van der Waals surface area contributed by atoms with Gasteiger partial charge in [-0.2, -0.15) is 5.10 Å². The van der Waals surface area contributed by atoms with Crippen molar-refractivity contribution in [3.8, 4) is 0 Å². The van der Waals surface area contributed by atoms with Crippen molar-refractivity contribution in [3.63, 3.8) is 0 Å². The van der Waals surface area contributed by atoms with Crippen molar-refractivity contribution in [2.75, 3.05) is 6.61 Å². The third-order valence-electron chi connectivity index (χ3n) is 2.78. The van der Waals surface area contributed by atoms with E-state index in [2.05, 4.69) is 17.3 Å². The fourth-order valence-electron chi connectivity index (χ4n) is 2.02. The molecule has 1 aromatic rings. The highest BCUT2D eigenvalue weighted by Crippen LogP contribution is 2.18. The van der Waals surface area contributed by atoms with Gasteiger partial charge in [0.1, 0.15) is 5.56 Å². The molecule has 0 saturated heterocycles. The predicted octanol–water partition coefficient (Wildman–Crippen LogP) is 0.860. The van der Waals surface area contributed by atoms with Crippen LogP contribution in [0.2, 0.25) is 0 Å². The van der Waals surface area contributed by atoms with Gasteiger partial charge in [-0.3, -0.25) is 4.68 Å². The van der Waals surface area contributed by atoms with E-state index in [-0.39, 0.29) is 5.97 Å².